The highest BCUT2D eigenvalue weighted by molar-refractivity contribution is 6.08. The fourth-order valence-electron chi connectivity index (χ4n) is 2.65. The van der Waals surface area contributed by atoms with Crippen LogP contribution in [0.5, 0.6) is 0 Å². The van der Waals surface area contributed by atoms with Crippen LogP contribution >= 0.6 is 0 Å². The minimum absolute atomic E-state index is 0.172. The Morgan fingerprint density at radius 1 is 1.44 bits per heavy atom. The van der Waals surface area contributed by atoms with Crippen molar-refractivity contribution in [3.8, 4) is 0 Å². The summed E-state index contributed by atoms with van der Waals surface area (Å²) in [5.41, 5.74) is 3.15. The first-order valence-corrected chi connectivity index (χ1v) is 5.87. The number of nitrogens with one attached hydrogen (secondary N) is 1. The summed E-state index contributed by atoms with van der Waals surface area (Å²) in [5.74, 6) is 0.172. The average Bonchev–Trinajstić information content (AvgIpc) is 3.03. The van der Waals surface area contributed by atoms with Crippen molar-refractivity contribution < 1.29 is 4.79 Å². The van der Waals surface area contributed by atoms with Crippen LogP contribution in [-0.2, 0) is 4.79 Å². The predicted octanol–water partition coefficient (Wildman–Crippen LogP) is 2.31. The van der Waals surface area contributed by atoms with Crippen molar-refractivity contribution in [2.24, 2.45) is 0 Å². The largest absolute Gasteiger partial charge is 0.356 e. The van der Waals surface area contributed by atoms with Crippen LogP contribution in [0.2, 0.25) is 0 Å². The maximum absolute atomic E-state index is 12.0. The fraction of sp³-hybridized carbons (Fsp3) is 0.462. The van der Waals surface area contributed by atoms with Gasteiger partial charge in [-0.05, 0) is 44.4 Å². The van der Waals surface area contributed by atoms with Crippen LogP contribution < -0.4 is 10.2 Å². The normalized spacial score (nSPS) is 20.6. The van der Waals surface area contributed by atoms with Gasteiger partial charge in [-0.15, -0.1) is 0 Å². The number of aryl methyl sites for hydroxylation is 1. The van der Waals surface area contributed by atoms with Crippen LogP contribution in [0.1, 0.15) is 25.3 Å². The average molecular weight is 216 g/mol. The lowest BCUT2D eigenvalue weighted by Crippen LogP contribution is -2.50. The summed E-state index contributed by atoms with van der Waals surface area (Å²) in [6, 6.07) is 6.21. The highest BCUT2D eigenvalue weighted by atomic mass is 16.2. The van der Waals surface area contributed by atoms with Crippen molar-refractivity contribution in [2.75, 3.05) is 16.8 Å². The number of benzene rings is 1. The second-order valence-corrected chi connectivity index (χ2v) is 4.75. The third kappa shape index (κ3) is 1.11. The first kappa shape index (κ1) is 9.70. The van der Waals surface area contributed by atoms with E-state index in [1.165, 1.54) is 11.3 Å². The molecule has 1 aromatic rings. The number of fused-ring (bicyclic) bond motifs is 1. The summed E-state index contributed by atoms with van der Waals surface area (Å²) < 4.78 is 0. The molecule has 3 rings (SSSR count). The Bertz CT molecular complexity index is 463. The first-order chi connectivity index (χ1) is 7.67. The van der Waals surface area contributed by atoms with Gasteiger partial charge in [0.2, 0.25) is 5.91 Å². The van der Waals surface area contributed by atoms with Crippen molar-refractivity contribution >= 4 is 17.3 Å². The topological polar surface area (TPSA) is 32.3 Å². The van der Waals surface area contributed by atoms with Crippen LogP contribution in [0.3, 0.4) is 0 Å². The molecule has 0 radical (unpaired) electrons. The smallest absolute Gasteiger partial charge is 0.250 e. The van der Waals surface area contributed by atoms with Crippen LogP contribution in [0.15, 0.2) is 18.2 Å². The third-order valence-electron chi connectivity index (χ3n) is 3.67. The van der Waals surface area contributed by atoms with Crippen molar-refractivity contribution in [1.82, 2.24) is 0 Å². The summed E-state index contributed by atoms with van der Waals surface area (Å²) in [6.07, 6.45) is 1.97. The number of anilines is 2. The van der Waals surface area contributed by atoms with E-state index < -0.39 is 0 Å². The van der Waals surface area contributed by atoms with E-state index >= 15 is 0 Å². The quantitative estimate of drug-likeness (QED) is 0.781. The van der Waals surface area contributed by atoms with Gasteiger partial charge in [0, 0.05) is 6.54 Å². The molecule has 0 saturated heterocycles. The van der Waals surface area contributed by atoms with E-state index in [0.29, 0.717) is 0 Å². The lowest BCUT2D eigenvalue weighted by molar-refractivity contribution is -0.118. The van der Waals surface area contributed by atoms with Crippen LogP contribution in [0.4, 0.5) is 11.4 Å². The predicted molar refractivity (Wildman–Crippen MR) is 64.8 cm³/mol. The Labute approximate surface area is 95.4 Å². The number of amides is 1. The van der Waals surface area contributed by atoms with Gasteiger partial charge >= 0.3 is 0 Å². The van der Waals surface area contributed by atoms with Gasteiger partial charge in [0.25, 0.3) is 0 Å². The zero-order valence-electron chi connectivity index (χ0n) is 9.71. The molecule has 1 N–H and O–H groups in total. The van der Waals surface area contributed by atoms with E-state index in [-0.39, 0.29) is 11.4 Å². The monoisotopic (exact) mass is 216 g/mol. The molecule has 0 bridgehead atoms. The van der Waals surface area contributed by atoms with Crippen molar-refractivity contribution in [3.63, 3.8) is 0 Å². The molecule has 1 saturated carbocycles. The molecule has 0 aromatic heterocycles. The summed E-state index contributed by atoms with van der Waals surface area (Å²) >= 11 is 0. The second-order valence-electron chi connectivity index (χ2n) is 4.75. The van der Waals surface area contributed by atoms with Crippen LogP contribution in [0, 0.1) is 6.92 Å². The van der Waals surface area contributed by atoms with Gasteiger partial charge < -0.3 is 10.2 Å². The summed E-state index contributed by atoms with van der Waals surface area (Å²) in [7, 11) is 0. The molecule has 0 unspecified atom stereocenters. The second kappa shape index (κ2) is 3.00. The Morgan fingerprint density at radius 3 is 2.81 bits per heavy atom. The molecule has 1 spiro atoms. The van der Waals surface area contributed by atoms with Gasteiger partial charge in [-0.1, -0.05) is 6.07 Å². The van der Waals surface area contributed by atoms with Crippen molar-refractivity contribution in [1.29, 1.82) is 0 Å². The van der Waals surface area contributed by atoms with E-state index in [4.69, 9.17) is 0 Å². The number of hydrogen-bond acceptors (Lipinski definition) is 2. The summed E-state index contributed by atoms with van der Waals surface area (Å²) in [4.78, 5) is 14.3. The molecule has 3 nitrogen and oxygen atoms in total. The van der Waals surface area contributed by atoms with Gasteiger partial charge in [0.05, 0.1) is 11.4 Å². The van der Waals surface area contributed by atoms with Gasteiger partial charge in [-0.3, -0.25) is 4.79 Å². The molecule has 2 aliphatic rings. The molecule has 1 aliphatic heterocycles. The number of carbonyl (C=O) groups excluding carboxylic acids is 1. The number of rotatable bonds is 1. The Morgan fingerprint density at radius 2 is 2.19 bits per heavy atom. The molecule has 0 atom stereocenters. The Hall–Kier alpha value is -1.51. The minimum atomic E-state index is -0.227. The number of nitrogens with zero attached hydrogens (tertiary/aromatic N) is 1. The molecule has 1 aliphatic carbocycles. The molecule has 84 valence electrons. The van der Waals surface area contributed by atoms with Gasteiger partial charge in [-0.2, -0.15) is 0 Å². The van der Waals surface area contributed by atoms with Gasteiger partial charge in [-0.25, -0.2) is 0 Å². The standard InChI is InChI=1S/C13H16N2O/c1-3-15-11-8-9(2)4-5-10(11)14-12(16)13(15)6-7-13/h4-5,8H,3,6-7H2,1-2H3,(H,14,16). The lowest BCUT2D eigenvalue weighted by Gasteiger charge is -2.38. The van der Waals surface area contributed by atoms with Gasteiger partial charge in [0.15, 0.2) is 0 Å². The summed E-state index contributed by atoms with van der Waals surface area (Å²) in [5, 5.41) is 3.02. The molecule has 1 aromatic carbocycles. The molecule has 1 fully saturated rings. The van der Waals surface area contributed by atoms with E-state index in [2.05, 4.69) is 30.1 Å². The SMILES string of the molecule is CCN1c2cc(C)ccc2NC(=O)C12CC2. The Balaban J connectivity index is 2.14. The van der Waals surface area contributed by atoms with Crippen LogP contribution in [-0.4, -0.2) is 18.0 Å². The highest BCUT2D eigenvalue weighted by Crippen LogP contribution is 2.49. The first-order valence-electron chi connectivity index (χ1n) is 5.87. The molecule has 16 heavy (non-hydrogen) atoms. The molecule has 1 heterocycles. The number of hydrogen-bond donors (Lipinski definition) is 1. The fourth-order valence-corrected chi connectivity index (χ4v) is 2.65. The van der Waals surface area contributed by atoms with Crippen LogP contribution in [0.25, 0.3) is 0 Å². The minimum Gasteiger partial charge on any atom is -0.356 e. The van der Waals surface area contributed by atoms with E-state index in [1.54, 1.807) is 0 Å². The number of likely N-dealkylation sites (N-methyl/N-ethyl adjacent to an activating group) is 1. The zero-order chi connectivity index (χ0) is 11.3. The molecule has 3 heteroatoms. The maximum Gasteiger partial charge on any atom is 0.250 e. The van der Waals surface area contributed by atoms with E-state index in [0.717, 1.165) is 25.1 Å². The van der Waals surface area contributed by atoms with Crippen molar-refractivity contribution in [2.45, 2.75) is 32.2 Å². The number of carbonyl (C=O) groups is 1. The maximum atomic E-state index is 12.0. The molecular formula is C13H16N2O. The summed E-state index contributed by atoms with van der Waals surface area (Å²) in [6.45, 7) is 5.10. The third-order valence-corrected chi connectivity index (χ3v) is 3.67. The lowest BCUT2D eigenvalue weighted by atomic mass is 10.0. The zero-order valence-corrected chi connectivity index (χ0v) is 9.71. The highest BCUT2D eigenvalue weighted by Gasteiger charge is 2.56. The van der Waals surface area contributed by atoms with Gasteiger partial charge in [0.1, 0.15) is 5.54 Å². The van der Waals surface area contributed by atoms with Crippen molar-refractivity contribution in [3.05, 3.63) is 23.8 Å². The molecule has 1 amide bonds. The molecular weight excluding hydrogens is 200 g/mol. The van der Waals surface area contributed by atoms with E-state index in [1.807, 2.05) is 12.1 Å². The Kier molecular flexibility index (Phi) is 1.82. The van der Waals surface area contributed by atoms with E-state index in [9.17, 15) is 4.79 Å².